The second-order valence-electron chi connectivity index (χ2n) is 6.24. The van der Waals surface area contributed by atoms with E-state index >= 15 is 0 Å². The number of nitro benzene ring substituents is 1. The van der Waals surface area contributed by atoms with Crippen LogP contribution in [0.25, 0.3) is 0 Å². The highest BCUT2D eigenvalue weighted by molar-refractivity contribution is 6.63. The first kappa shape index (κ1) is 23.4. The molecule has 25 heavy (non-hydrogen) atoms. The van der Waals surface area contributed by atoms with Gasteiger partial charge >= 0.3 is 12.8 Å². The molecule has 0 amide bonds. The molecule has 7 nitrogen and oxygen atoms in total. The molecule has 8 heteroatoms. The lowest BCUT2D eigenvalue weighted by atomic mass is 9.78. The third-order valence-corrected chi connectivity index (χ3v) is 3.93. The van der Waals surface area contributed by atoms with Crippen LogP contribution in [0.1, 0.15) is 41.5 Å². The molecule has 1 N–H and O–H groups in total. The van der Waals surface area contributed by atoms with Crippen molar-refractivity contribution in [2.24, 2.45) is 0 Å². The van der Waals surface area contributed by atoms with Crippen LogP contribution >= 0.6 is 0 Å². The van der Waals surface area contributed by atoms with Gasteiger partial charge in [0.2, 0.25) is 0 Å². The maximum absolute atomic E-state index is 11.0. The van der Waals surface area contributed by atoms with Crippen molar-refractivity contribution in [1.29, 1.82) is 0 Å². The molecule has 0 atom stereocenters. The summed E-state index contributed by atoms with van der Waals surface area (Å²) in [6, 6.07) is 4.71. The average molecular weight is 354 g/mol. The van der Waals surface area contributed by atoms with E-state index in [1.807, 2.05) is 55.6 Å². The van der Waals surface area contributed by atoms with Gasteiger partial charge in [-0.1, -0.05) is 26.0 Å². The van der Waals surface area contributed by atoms with Crippen LogP contribution in [-0.2, 0) is 9.31 Å². The van der Waals surface area contributed by atoms with Crippen LogP contribution in [0.5, 0.6) is 5.75 Å². The lowest BCUT2D eigenvalue weighted by Crippen LogP contribution is -2.41. The molecule has 1 heterocycles. The third kappa shape index (κ3) is 5.42. The SMILES string of the molecule is CC.CNC.COc1c(B2OC(C)(C)C(C)(C)O2)cccc1[N+](=O)[O-]. The maximum atomic E-state index is 11.0. The molecular weight excluding hydrogens is 323 g/mol. The Hall–Kier alpha value is -1.64. The molecule has 142 valence electrons. The summed E-state index contributed by atoms with van der Waals surface area (Å²) in [5, 5.41) is 13.8. The van der Waals surface area contributed by atoms with Gasteiger partial charge in [-0.3, -0.25) is 10.1 Å². The molecule has 1 aromatic rings. The molecule has 1 aliphatic heterocycles. The summed E-state index contributed by atoms with van der Waals surface area (Å²) in [4.78, 5) is 10.6. The first-order chi connectivity index (χ1) is 11.6. The molecule has 1 aromatic carbocycles. The normalized spacial score (nSPS) is 16.9. The summed E-state index contributed by atoms with van der Waals surface area (Å²) < 4.78 is 17.0. The first-order valence-corrected chi connectivity index (χ1v) is 8.36. The van der Waals surface area contributed by atoms with Crippen LogP contribution in [0.15, 0.2) is 18.2 Å². The molecule has 0 spiro atoms. The van der Waals surface area contributed by atoms with Gasteiger partial charge in [0.1, 0.15) is 0 Å². The number of rotatable bonds is 3. The number of methoxy groups -OCH3 is 1. The van der Waals surface area contributed by atoms with Gasteiger partial charge in [0.25, 0.3) is 0 Å². The summed E-state index contributed by atoms with van der Waals surface area (Å²) in [7, 11) is 4.46. The Morgan fingerprint density at radius 3 is 1.92 bits per heavy atom. The van der Waals surface area contributed by atoms with Gasteiger partial charge < -0.3 is 19.4 Å². The molecule has 0 unspecified atom stereocenters. The van der Waals surface area contributed by atoms with Crippen molar-refractivity contribution in [3.8, 4) is 5.75 Å². The highest BCUT2D eigenvalue weighted by Gasteiger charge is 2.53. The molecule has 0 saturated carbocycles. The highest BCUT2D eigenvalue weighted by Crippen LogP contribution is 2.38. The zero-order valence-corrected chi connectivity index (χ0v) is 16.8. The maximum Gasteiger partial charge on any atom is 0.498 e. The zero-order chi connectivity index (χ0) is 19.8. The fraction of sp³-hybridized carbons (Fsp3) is 0.647. The molecule has 0 aromatic heterocycles. The van der Waals surface area contributed by atoms with Gasteiger partial charge in [0, 0.05) is 11.5 Å². The number of ether oxygens (including phenoxy) is 1. The predicted octanol–water partition coefficient (Wildman–Crippen LogP) is 2.76. The lowest BCUT2D eigenvalue weighted by Gasteiger charge is -2.32. The fourth-order valence-corrected chi connectivity index (χ4v) is 2.06. The highest BCUT2D eigenvalue weighted by atomic mass is 16.7. The van der Waals surface area contributed by atoms with Crippen LogP contribution in [0.2, 0.25) is 0 Å². The van der Waals surface area contributed by atoms with E-state index in [2.05, 4.69) is 5.32 Å². The minimum absolute atomic E-state index is 0.0975. The Labute approximate surface area is 151 Å². The van der Waals surface area contributed by atoms with E-state index in [-0.39, 0.29) is 11.4 Å². The summed E-state index contributed by atoms with van der Waals surface area (Å²) in [6.07, 6.45) is 0. The van der Waals surface area contributed by atoms with Gasteiger partial charge in [-0.25, -0.2) is 0 Å². The van der Waals surface area contributed by atoms with Crippen LogP contribution in [0.3, 0.4) is 0 Å². The summed E-state index contributed by atoms with van der Waals surface area (Å²) >= 11 is 0. The number of hydrogen-bond acceptors (Lipinski definition) is 6. The van der Waals surface area contributed by atoms with Crippen molar-refractivity contribution >= 4 is 18.3 Å². The van der Waals surface area contributed by atoms with Crippen LogP contribution in [-0.4, -0.2) is 44.4 Å². The van der Waals surface area contributed by atoms with Gasteiger partial charge in [0.05, 0.1) is 23.2 Å². The molecule has 1 saturated heterocycles. The molecular formula is C17H31BN2O5. The van der Waals surface area contributed by atoms with E-state index in [4.69, 9.17) is 14.0 Å². The summed E-state index contributed by atoms with van der Waals surface area (Å²) in [5.74, 6) is 0.177. The largest absolute Gasteiger partial charge is 0.498 e. The first-order valence-electron chi connectivity index (χ1n) is 8.36. The van der Waals surface area contributed by atoms with Gasteiger partial charge in [-0.05, 0) is 41.8 Å². The van der Waals surface area contributed by atoms with Crippen molar-refractivity contribution in [3.63, 3.8) is 0 Å². The topological polar surface area (TPSA) is 82.9 Å². The summed E-state index contributed by atoms with van der Waals surface area (Å²) in [6.45, 7) is 11.7. The monoisotopic (exact) mass is 354 g/mol. The van der Waals surface area contributed by atoms with E-state index in [0.717, 1.165) is 0 Å². The summed E-state index contributed by atoms with van der Waals surface area (Å²) in [5.41, 5.74) is -0.583. The molecule has 0 radical (unpaired) electrons. The number of benzene rings is 1. The predicted molar refractivity (Wildman–Crippen MR) is 102 cm³/mol. The second-order valence-corrected chi connectivity index (χ2v) is 6.24. The quantitative estimate of drug-likeness (QED) is 0.511. The van der Waals surface area contributed by atoms with E-state index < -0.39 is 23.2 Å². The number of nitrogens with one attached hydrogen (secondary N) is 1. The average Bonchev–Trinajstić information content (AvgIpc) is 2.77. The minimum Gasteiger partial charge on any atom is -0.490 e. The minimum atomic E-state index is -0.685. The molecule has 2 rings (SSSR count). The Kier molecular flexibility index (Phi) is 9.11. The second kappa shape index (κ2) is 9.75. The van der Waals surface area contributed by atoms with Crippen molar-refractivity contribution in [2.45, 2.75) is 52.7 Å². The Morgan fingerprint density at radius 2 is 1.56 bits per heavy atom. The van der Waals surface area contributed by atoms with Crippen molar-refractivity contribution < 1.29 is 19.0 Å². The standard InChI is InChI=1S/C13H18BNO5.C2H7N.C2H6/c1-12(2)13(3,4)20-14(19-12)9-7-6-8-10(15(16)17)11(9)18-5;1-3-2;1-2/h6-8H,1-5H3;3H,1-2H3;1-2H3. The third-order valence-electron chi connectivity index (χ3n) is 3.93. The van der Waals surface area contributed by atoms with Gasteiger partial charge in [0.15, 0.2) is 5.75 Å². The fourth-order valence-electron chi connectivity index (χ4n) is 2.06. The van der Waals surface area contributed by atoms with Crippen LogP contribution < -0.4 is 15.5 Å². The van der Waals surface area contributed by atoms with E-state index in [0.29, 0.717) is 5.46 Å². The smallest absolute Gasteiger partial charge is 0.490 e. The van der Waals surface area contributed by atoms with Gasteiger partial charge in [-0.15, -0.1) is 0 Å². The number of nitrogens with zero attached hydrogens (tertiary/aromatic N) is 1. The zero-order valence-electron chi connectivity index (χ0n) is 16.8. The van der Waals surface area contributed by atoms with E-state index in [9.17, 15) is 10.1 Å². The molecule has 1 fully saturated rings. The van der Waals surface area contributed by atoms with Crippen LogP contribution in [0.4, 0.5) is 5.69 Å². The number of para-hydroxylation sites is 1. The lowest BCUT2D eigenvalue weighted by molar-refractivity contribution is -0.385. The number of nitro groups is 1. The van der Waals surface area contributed by atoms with Crippen molar-refractivity contribution in [1.82, 2.24) is 5.32 Å². The van der Waals surface area contributed by atoms with Gasteiger partial charge in [-0.2, -0.15) is 0 Å². The molecule has 0 bridgehead atoms. The van der Waals surface area contributed by atoms with Crippen molar-refractivity contribution in [3.05, 3.63) is 28.3 Å². The van der Waals surface area contributed by atoms with E-state index in [1.165, 1.54) is 13.2 Å². The molecule has 1 aliphatic rings. The Bertz CT molecular complexity index is 548. The number of hydrogen-bond donors (Lipinski definition) is 1. The van der Waals surface area contributed by atoms with Crippen LogP contribution in [0, 0.1) is 10.1 Å². The van der Waals surface area contributed by atoms with E-state index in [1.54, 1.807) is 12.1 Å². The van der Waals surface area contributed by atoms with Crippen molar-refractivity contribution in [2.75, 3.05) is 21.2 Å². The Morgan fingerprint density at radius 1 is 1.12 bits per heavy atom. The molecule has 0 aliphatic carbocycles. The Balaban J connectivity index is 0.00000104.